The quantitative estimate of drug-likeness (QED) is 0.629. The van der Waals surface area contributed by atoms with Gasteiger partial charge in [0, 0.05) is 14.5 Å². The molecule has 1 aromatic carbocycles. The van der Waals surface area contributed by atoms with Crippen LogP contribution in [0.4, 0.5) is 0 Å². The summed E-state index contributed by atoms with van der Waals surface area (Å²) in [6.07, 6.45) is 4.75. The van der Waals surface area contributed by atoms with Gasteiger partial charge in [-0.1, -0.05) is 64.5 Å². The third-order valence-corrected chi connectivity index (χ3v) is 4.04. The van der Waals surface area contributed by atoms with Crippen molar-refractivity contribution in [1.82, 2.24) is 5.32 Å². The van der Waals surface area contributed by atoms with Gasteiger partial charge >= 0.3 is 0 Å². The van der Waals surface area contributed by atoms with Crippen LogP contribution >= 0.6 is 31.9 Å². The van der Waals surface area contributed by atoms with E-state index in [1.165, 1.54) is 0 Å². The first kappa shape index (κ1) is 18.2. The Morgan fingerprint density at radius 3 is 2.29 bits per heavy atom. The van der Waals surface area contributed by atoms with E-state index in [0.717, 1.165) is 34.6 Å². The molecule has 0 aliphatic carbocycles. The summed E-state index contributed by atoms with van der Waals surface area (Å²) in [5.41, 5.74) is 5.85. The zero-order valence-corrected chi connectivity index (χ0v) is 15.2. The maximum absolute atomic E-state index is 12.2. The zero-order chi connectivity index (χ0) is 15.8. The molecule has 6 heteroatoms. The average Bonchev–Trinajstić information content (AvgIpc) is 2.40. The predicted molar refractivity (Wildman–Crippen MR) is 91.0 cm³/mol. The van der Waals surface area contributed by atoms with Gasteiger partial charge < -0.3 is 11.1 Å². The van der Waals surface area contributed by atoms with Gasteiger partial charge in [-0.3, -0.25) is 9.59 Å². The van der Waals surface area contributed by atoms with Crippen LogP contribution in [0.2, 0.25) is 0 Å². The Hall–Kier alpha value is -0.880. The molecule has 0 saturated carbocycles. The molecule has 0 aliphatic rings. The molecule has 0 aromatic heterocycles. The minimum Gasteiger partial charge on any atom is -0.368 e. The van der Waals surface area contributed by atoms with Crippen LogP contribution in [0.5, 0.6) is 0 Å². The van der Waals surface area contributed by atoms with Gasteiger partial charge in [0.2, 0.25) is 5.91 Å². The number of nitrogens with one attached hydrogen (secondary N) is 1. The number of carbonyl (C=O) groups is 2. The number of benzene rings is 1. The molecule has 4 nitrogen and oxygen atoms in total. The van der Waals surface area contributed by atoms with E-state index in [0.29, 0.717) is 12.0 Å². The lowest BCUT2D eigenvalue weighted by Gasteiger charge is -2.15. The normalized spacial score (nSPS) is 12.0. The second kappa shape index (κ2) is 9.20. The van der Waals surface area contributed by atoms with E-state index >= 15 is 0 Å². The number of rotatable bonds is 8. The molecule has 1 aromatic rings. The van der Waals surface area contributed by atoms with E-state index in [2.05, 4.69) is 44.1 Å². The van der Waals surface area contributed by atoms with E-state index in [-0.39, 0.29) is 5.91 Å². The van der Waals surface area contributed by atoms with E-state index < -0.39 is 11.9 Å². The third-order valence-electron chi connectivity index (χ3n) is 3.12. The largest absolute Gasteiger partial charge is 0.368 e. The summed E-state index contributed by atoms with van der Waals surface area (Å²) in [6.45, 7) is 2.12. The van der Waals surface area contributed by atoms with E-state index in [9.17, 15) is 9.59 Å². The molecule has 0 spiro atoms. The van der Waals surface area contributed by atoms with Crippen LogP contribution in [0.1, 0.15) is 49.4 Å². The summed E-state index contributed by atoms with van der Waals surface area (Å²) < 4.78 is 1.58. The second-order valence-electron chi connectivity index (χ2n) is 4.94. The Bertz CT molecular complexity index is 486. The predicted octanol–water partition coefficient (Wildman–Crippen LogP) is 3.77. The van der Waals surface area contributed by atoms with Gasteiger partial charge in [0.25, 0.3) is 5.91 Å². The number of hydrogen-bond acceptors (Lipinski definition) is 2. The van der Waals surface area contributed by atoms with E-state index in [1.54, 1.807) is 12.1 Å². The van der Waals surface area contributed by atoms with Gasteiger partial charge in [0.05, 0.1) is 0 Å². The summed E-state index contributed by atoms with van der Waals surface area (Å²) in [5.74, 6) is -0.787. The van der Waals surface area contributed by atoms with Gasteiger partial charge in [-0.15, -0.1) is 0 Å². The molecule has 0 unspecified atom stereocenters. The Balaban J connectivity index is 2.65. The molecular formula is C15H20Br2N2O2. The summed E-state index contributed by atoms with van der Waals surface area (Å²) >= 11 is 6.67. The molecule has 3 N–H and O–H groups in total. The Kier molecular flexibility index (Phi) is 7.96. The maximum Gasteiger partial charge on any atom is 0.252 e. The fourth-order valence-corrected chi connectivity index (χ4v) is 3.28. The van der Waals surface area contributed by atoms with Crippen molar-refractivity contribution in [2.45, 2.75) is 45.1 Å². The Morgan fingerprint density at radius 2 is 1.76 bits per heavy atom. The van der Waals surface area contributed by atoms with Crippen molar-refractivity contribution in [1.29, 1.82) is 0 Å². The van der Waals surface area contributed by atoms with Gasteiger partial charge in [0.15, 0.2) is 0 Å². The molecule has 0 bridgehead atoms. The number of nitrogens with two attached hydrogens (primary N) is 1. The first-order valence-electron chi connectivity index (χ1n) is 7.00. The number of halogens is 2. The number of hydrogen-bond donors (Lipinski definition) is 2. The highest BCUT2D eigenvalue weighted by atomic mass is 79.9. The van der Waals surface area contributed by atoms with Crippen LogP contribution in [0.25, 0.3) is 0 Å². The molecule has 0 saturated heterocycles. The van der Waals surface area contributed by atoms with Crippen LogP contribution in [0.15, 0.2) is 27.1 Å². The van der Waals surface area contributed by atoms with Crippen molar-refractivity contribution in [2.24, 2.45) is 5.73 Å². The highest BCUT2D eigenvalue weighted by Gasteiger charge is 2.18. The Labute approximate surface area is 142 Å². The van der Waals surface area contributed by atoms with Crippen LogP contribution in [-0.4, -0.2) is 17.9 Å². The molecular weight excluding hydrogens is 400 g/mol. The third kappa shape index (κ3) is 6.61. The number of carbonyl (C=O) groups excluding carboxylic acids is 2. The van der Waals surface area contributed by atoms with Crippen molar-refractivity contribution in [3.05, 3.63) is 32.7 Å². The molecule has 0 radical (unpaired) electrons. The monoisotopic (exact) mass is 418 g/mol. The average molecular weight is 420 g/mol. The first-order chi connectivity index (χ1) is 9.93. The van der Waals surface area contributed by atoms with Crippen LogP contribution in [-0.2, 0) is 4.79 Å². The molecule has 1 atom stereocenters. The fraction of sp³-hybridized carbons (Fsp3) is 0.467. The molecule has 0 aliphatic heterocycles. The highest BCUT2D eigenvalue weighted by Crippen LogP contribution is 2.20. The topological polar surface area (TPSA) is 72.2 Å². The zero-order valence-electron chi connectivity index (χ0n) is 12.0. The molecule has 0 fully saturated rings. The Morgan fingerprint density at radius 1 is 1.14 bits per heavy atom. The summed E-state index contributed by atoms with van der Waals surface area (Å²) in [4.78, 5) is 23.6. The highest BCUT2D eigenvalue weighted by molar-refractivity contribution is 9.11. The number of primary amides is 1. The van der Waals surface area contributed by atoms with Crippen LogP contribution in [0, 0.1) is 0 Å². The van der Waals surface area contributed by atoms with Gasteiger partial charge in [0.1, 0.15) is 6.04 Å². The molecule has 116 valence electrons. The smallest absolute Gasteiger partial charge is 0.252 e. The molecule has 0 heterocycles. The van der Waals surface area contributed by atoms with Gasteiger partial charge in [-0.25, -0.2) is 0 Å². The maximum atomic E-state index is 12.2. The summed E-state index contributed by atoms with van der Waals surface area (Å²) in [6, 6.07) is 4.63. The van der Waals surface area contributed by atoms with Crippen LogP contribution in [0.3, 0.4) is 0 Å². The van der Waals surface area contributed by atoms with Crippen molar-refractivity contribution in [3.63, 3.8) is 0 Å². The van der Waals surface area contributed by atoms with Crippen molar-refractivity contribution in [2.75, 3.05) is 0 Å². The van der Waals surface area contributed by atoms with E-state index in [1.807, 2.05) is 6.07 Å². The lowest BCUT2D eigenvalue weighted by atomic mass is 10.1. The lowest BCUT2D eigenvalue weighted by molar-refractivity contribution is -0.120. The minimum atomic E-state index is -0.618. The van der Waals surface area contributed by atoms with Crippen molar-refractivity contribution < 1.29 is 9.59 Å². The summed E-state index contributed by atoms with van der Waals surface area (Å²) in [5, 5.41) is 2.71. The standard InChI is InChI=1S/C15H20Br2N2O2/c1-2-3-4-5-6-13(14(18)20)19-15(21)10-7-11(16)9-12(17)8-10/h7-9,13H,2-6H2,1H3,(H2,18,20)(H,19,21)/t13-/m0/s1. The van der Waals surface area contributed by atoms with E-state index in [4.69, 9.17) is 5.73 Å². The van der Waals surface area contributed by atoms with Gasteiger partial charge in [-0.05, 0) is 24.6 Å². The fourth-order valence-electron chi connectivity index (χ4n) is 1.99. The first-order valence-corrected chi connectivity index (χ1v) is 8.59. The van der Waals surface area contributed by atoms with Crippen molar-refractivity contribution >= 4 is 43.7 Å². The number of unbranched alkanes of at least 4 members (excludes halogenated alkanes) is 3. The number of amides is 2. The lowest BCUT2D eigenvalue weighted by Crippen LogP contribution is -2.44. The molecule has 21 heavy (non-hydrogen) atoms. The second-order valence-corrected chi connectivity index (χ2v) is 6.77. The van der Waals surface area contributed by atoms with Crippen LogP contribution < -0.4 is 11.1 Å². The van der Waals surface area contributed by atoms with Gasteiger partial charge in [-0.2, -0.15) is 0 Å². The molecule has 1 rings (SSSR count). The van der Waals surface area contributed by atoms with Crippen molar-refractivity contribution in [3.8, 4) is 0 Å². The molecule has 2 amide bonds. The summed E-state index contributed by atoms with van der Waals surface area (Å²) in [7, 11) is 0. The SMILES string of the molecule is CCCCCC[C@H](NC(=O)c1cc(Br)cc(Br)c1)C(N)=O. The minimum absolute atomic E-state index is 0.295.